The van der Waals surface area contributed by atoms with Crippen molar-refractivity contribution in [2.24, 2.45) is 0 Å². The third kappa shape index (κ3) is 1.26. The lowest BCUT2D eigenvalue weighted by Crippen LogP contribution is -2.37. The molecular formula is C6H10FNO2. The molecule has 1 fully saturated rings. The van der Waals surface area contributed by atoms with Gasteiger partial charge in [-0.2, -0.15) is 0 Å². The fourth-order valence-electron chi connectivity index (χ4n) is 1.03. The van der Waals surface area contributed by atoms with Crippen molar-refractivity contribution in [3.05, 3.63) is 0 Å². The van der Waals surface area contributed by atoms with E-state index in [1.165, 1.54) is 7.11 Å². The Balaban J connectivity index is 2.46. The summed E-state index contributed by atoms with van der Waals surface area (Å²) in [7, 11) is 1.26. The van der Waals surface area contributed by atoms with E-state index in [4.69, 9.17) is 0 Å². The highest BCUT2D eigenvalue weighted by Crippen LogP contribution is 2.11. The van der Waals surface area contributed by atoms with Gasteiger partial charge in [-0.15, -0.1) is 0 Å². The minimum absolute atomic E-state index is 0.403. The molecule has 10 heavy (non-hydrogen) atoms. The predicted octanol–water partition coefficient (Wildman–Crippen LogP) is -0.141. The molecule has 0 amide bonds. The molecular weight excluding hydrogens is 137 g/mol. The predicted molar refractivity (Wildman–Crippen MR) is 33.3 cm³/mol. The van der Waals surface area contributed by atoms with Crippen LogP contribution in [0.15, 0.2) is 0 Å². The number of ether oxygens (including phenoxy) is 1. The number of hydrogen-bond acceptors (Lipinski definition) is 3. The number of alkyl halides is 1. The van der Waals surface area contributed by atoms with Gasteiger partial charge in [-0.05, 0) is 13.0 Å². The van der Waals surface area contributed by atoms with Crippen molar-refractivity contribution in [3.63, 3.8) is 0 Å². The summed E-state index contributed by atoms with van der Waals surface area (Å²) in [6, 6.07) is -0.731. The van der Waals surface area contributed by atoms with Gasteiger partial charge in [0.15, 0.2) is 0 Å². The third-order valence-corrected chi connectivity index (χ3v) is 1.60. The van der Waals surface area contributed by atoms with Gasteiger partial charge in [-0.3, -0.25) is 4.79 Å². The first-order chi connectivity index (χ1) is 4.75. The SMILES string of the molecule is COC(=O)[C@@H]1NCC[C@H]1F. The van der Waals surface area contributed by atoms with Crippen LogP contribution >= 0.6 is 0 Å². The van der Waals surface area contributed by atoms with E-state index in [-0.39, 0.29) is 0 Å². The summed E-state index contributed by atoms with van der Waals surface area (Å²) < 4.78 is 17.0. The lowest BCUT2D eigenvalue weighted by Gasteiger charge is -2.08. The van der Waals surface area contributed by atoms with E-state index in [1.807, 2.05) is 0 Å². The third-order valence-electron chi connectivity index (χ3n) is 1.60. The smallest absolute Gasteiger partial charge is 0.325 e. The highest BCUT2D eigenvalue weighted by molar-refractivity contribution is 5.76. The van der Waals surface area contributed by atoms with E-state index >= 15 is 0 Å². The minimum Gasteiger partial charge on any atom is -0.468 e. The van der Waals surface area contributed by atoms with E-state index < -0.39 is 18.2 Å². The normalized spacial score (nSPS) is 32.2. The lowest BCUT2D eigenvalue weighted by molar-refractivity contribution is -0.143. The van der Waals surface area contributed by atoms with E-state index in [0.29, 0.717) is 13.0 Å². The van der Waals surface area contributed by atoms with Crippen molar-refractivity contribution in [2.45, 2.75) is 18.6 Å². The molecule has 0 radical (unpaired) electrons. The van der Waals surface area contributed by atoms with Crippen molar-refractivity contribution in [1.29, 1.82) is 0 Å². The molecule has 1 heterocycles. The Morgan fingerprint density at radius 1 is 1.80 bits per heavy atom. The number of esters is 1. The van der Waals surface area contributed by atoms with Gasteiger partial charge >= 0.3 is 5.97 Å². The van der Waals surface area contributed by atoms with E-state index in [0.717, 1.165) is 0 Å². The van der Waals surface area contributed by atoms with Crippen LogP contribution in [0.5, 0.6) is 0 Å². The van der Waals surface area contributed by atoms with Crippen LogP contribution < -0.4 is 5.32 Å². The molecule has 58 valence electrons. The molecule has 1 saturated heterocycles. The quantitative estimate of drug-likeness (QED) is 0.524. The second-order valence-electron chi connectivity index (χ2n) is 2.26. The van der Waals surface area contributed by atoms with Crippen LogP contribution in [-0.4, -0.2) is 31.8 Å². The van der Waals surface area contributed by atoms with E-state index in [9.17, 15) is 9.18 Å². The van der Waals surface area contributed by atoms with Crippen LogP contribution in [0.1, 0.15) is 6.42 Å². The van der Waals surface area contributed by atoms with Crippen molar-refractivity contribution >= 4 is 5.97 Å². The molecule has 2 atom stereocenters. The van der Waals surface area contributed by atoms with Crippen molar-refractivity contribution in [3.8, 4) is 0 Å². The van der Waals surface area contributed by atoms with Gasteiger partial charge in [0.1, 0.15) is 12.2 Å². The summed E-state index contributed by atoms with van der Waals surface area (Å²) >= 11 is 0. The van der Waals surface area contributed by atoms with Gasteiger partial charge in [0.05, 0.1) is 7.11 Å². The molecule has 1 aliphatic rings. The topological polar surface area (TPSA) is 38.3 Å². The molecule has 0 aromatic heterocycles. The van der Waals surface area contributed by atoms with Crippen molar-refractivity contribution in [1.82, 2.24) is 5.32 Å². The van der Waals surface area contributed by atoms with Crippen LogP contribution in [0.2, 0.25) is 0 Å². The number of hydrogen-bond donors (Lipinski definition) is 1. The summed E-state index contributed by atoms with van der Waals surface area (Å²) in [6.07, 6.45) is -0.674. The first-order valence-corrected chi connectivity index (χ1v) is 3.21. The summed E-state index contributed by atoms with van der Waals surface area (Å²) in [4.78, 5) is 10.7. The van der Waals surface area contributed by atoms with Crippen LogP contribution in [0.3, 0.4) is 0 Å². The molecule has 0 saturated carbocycles. The van der Waals surface area contributed by atoms with Gasteiger partial charge in [0.2, 0.25) is 0 Å². The van der Waals surface area contributed by atoms with Crippen LogP contribution in [0, 0.1) is 0 Å². The van der Waals surface area contributed by atoms with Crippen LogP contribution in [0.4, 0.5) is 4.39 Å². The first-order valence-electron chi connectivity index (χ1n) is 3.21. The Morgan fingerprint density at radius 2 is 2.50 bits per heavy atom. The maximum atomic E-state index is 12.7. The molecule has 1 N–H and O–H groups in total. The number of halogens is 1. The minimum atomic E-state index is -1.08. The van der Waals surface area contributed by atoms with Crippen molar-refractivity contribution < 1.29 is 13.9 Å². The summed E-state index contributed by atoms with van der Waals surface area (Å²) in [5.41, 5.74) is 0. The zero-order valence-corrected chi connectivity index (χ0v) is 5.76. The molecule has 4 heteroatoms. The number of carbonyl (C=O) groups excluding carboxylic acids is 1. The highest BCUT2D eigenvalue weighted by Gasteiger charge is 2.33. The van der Waals surface area contributed by atoms with Crippen LogP contribution in [0.25, 0.3) is 0 Å². The summed E-state index contributed by atoms with van der Waals surface area (Å²) in [5.74, 6) is -0.509. The Morgan fingerprint density at radius 3 is 2.90 bits per heavy atom. The standard InChI is InChI=1S/C6H10FNO2/c1-10-6(9)5-4(7)2-3-8-5/h4-5,8H,2-3H2,1H3/t4-,5-/m1/s1. The number of carbonyl (C=O) groups is 1. The largest absolute Gasteiger partial charge is 0.468 e. The summed E-state index contributed by atoms with van der Waals surface area (Å²) in [5, 5.41) is 2.71. The first kappa shape index (κ1) is 7.47. The molecule has 0 aromatic carbocycles. The average Bonchev–Trinajstić information content (AvgIpc) is 2.34. The van der Waals surface area contributed by atoms with E-state index in [2.05, 4.69) is 10.1 Å². The zero-order valence-electron chi connectivity index (χ0n) is 5.76. The summed E-state index contributed by atoms with van der Waals surface area (Å²) in [6.45, 7) is 0.556. The maximum Gasteiger partial charge on any atom is 0.325 e. The maximum absolute atomic E-state index is 12.7. The Hall–Kier alpha value is -0.640. The molecule has 0 unspecified atom stereocenters. The van der Waals surface area contributed by atoms with Gasteiger partial charge in [0.25, 0.3) is 0 Å². The highest BCUT2D eigenvalue weighted by atomic mass is 19.1. The fourth-order valence-corrected chi connectivity index (χ4v) is 1.03. The fraction of sp³-hybridized carbons (Fsp3) is 0.833. The van der Waals surface area contributed by atoms with E-state index in [1.54, 1.807) is 0 Å². The number of methoxy groups -OCH3 is 1. The number of rotatable bonds is 1. The second-order valence-corrected chi connectivity index (χ2v) is 2.26. The Kier molecular flexibility index (Phi) is 2.21. The Labute approximate surface area is 58.5 Å². The monoisotopic (exact) mass is 147 g/mol. The lowest BCUT2D eigenvalue weighted by atomic mass is 10.2. The second kappa shape index (κ2) is 2.96. The van der Waals surface area contributed by atoms with Gasteiger partial charge in [-0.25, -0.2) is 4.39 Å². The van der Waals surface area contributed by atoms with Gasteiger partial charge in [-0.1, -0.05) is 0 Å². The molecule has 0 aromatic rings. The van der Waals surface area contributed by atoms with Gasteiger partial charge in [0, 0.05) is 0 Å². The van der Waals surface area contributed by atoms with Gasteiger partial charge < -0.3 is 10.1 Å². The zero-order chi connectivity index (χ0) is 7.56. The Bertz CT molecular complexity index is 140. The number of nitrogens with one attached hydrogen (secondary N) is 1. The molecule has 1 aliphatic heterocycles. The molecule has 3 nitrogen and oxygen atoms in total. The molecule has 0 aliphatic carbocycles. The molecule has 0 bridgehead atoms. The van der Waals surface area contributed by atoms with Crippen molar-refractivity contribution in [2.75, 3.05) is 13.7 Å². The average molecular weight is 147 g/mol. The van der Waals surface area contributed by atoms with Crippen LogP contribution in [-0.2, 0) is 9.53 Å². The molecule has 1 rings (SSSR count). The molecule has 0 spiro atoms.